The molecule has 12 heteroatoms. The lowest BCUT2D eigenvalue weighted by atomic mass is 9.83. The zero-order valence-corrected chi connectivity index (χ0v) is 23.3. The molecule has 196 valence electrons. The molecule has 1 saturated heterocycles. The molecule has 0 saturated carbocycles. The summed E-state index contributed by atoms with van der Waals surface area (Å²) in [6.07, 6.45) is 0.330. The molecule has 10 nitrogen and oxygen atoms in total. The quantitative estimate of drug-likeness (QED) is 0.0606. The number of carbonyl (C=O) groups excluding carboxylic acids is 2. The van der Waals surface area contributed by atoms with Gasteiger partial charge in [-0.25, -0.2) is 4.79 Å². The van der Waals surface area contributed by atoms with Crippen molar-refractivity contribution < 1.29 is 28.4 Å². The minimum Gasteiger partial charge on any atom is -0.484 e. The maximum absolute atomic E-state index is 13.2. The van der Waals surface area contributed by atoms with Crippen molar-refractivity contribution in [3.63, 3.8) is 0 Å². The Labute approximate surface area is 216 Å². The Hall–Kier alpha value is -2.70. The van der Waals surface area contributed by atoms with Crippen LogP contribution in [0.5, 0.6) is 0 Å². The monoisotopic (exact) mass is 535 g/mol. The number of methoxy groups -OCH3 is 1. The van der Waals surface area contributed by atoms with Gasteiger partial charge in [-0.2, -0.15) is 0 Å². The number of ether oxygens (including phenoxy) is 2. The van der Waals surface area contributed by atoms with Gasteiger partial charge in [-0.1, -0.05) is 0 Å². The molecule has 0 bridgehead atoms. The van der Waals surface area contributed by atoms with Gasteiger partial charge >= 0.3 is 5.97 Å². The molecule has 2 heterocycles. The van der Waals surface area contributed by atoms with E-state index < -0.39 is 19.2 Å². The van der Waals surface area contributed by atoms with Crippen LogP contribution in [0.3, 0.4) is 0 Å². The van der Waals surface area contributed by atoms with Crippen LogP contribution in [0.4, 0.5) is 5.69 Å². The third-order valence-electron chi connectivity index (χ3n) is 5.92. The second-order valence-electron chi connectivity index (χ2n) is 9.67. The van der Waals surface area contributed by atoms with E-state index >= 15 is 0 Å². The van der Waals surface area contributed by atoms with Gasteiger partial charge in [-0.15, -0.1) is 11.8 Å². The van der Waals surface area contributed by atoms with Crippen molar-refractivity contribution in [3.8, 4) is 0 Å². The van der Waals surface area contributed by atoms with E-state index in [1.165, 1.54) is 23.9 Å². The van der Waals surface area contributed by atoms with Gasteiger partial charge in [0.05, 0.1) is 36.6 Å². The Morgan fingerprint density at radius 3 is 2.56 bits per heavy atom. The maximum Gasteiger partial charge on any atom is 0.356 e. The minimum atomic E-state index is -1.85. The summed E-state index contributed by atoms with van der Waals surface area (Å²) >= 11 is 1.49. The Morgan fingerprint density at radius 2 is 1.97 bits per heavy atom. The lowest BCUT2D eigenvalue weighted by molar-refractivity contribution is -0.384. The van der Waals surface area contributed by atoms with Crippen molar-refractivity contribution in [3.05, 3.63) is 50.5 Å². The van der Waals surface area contributed by atoms with Crippen LogP contribution in [-0.4, -0.2) is 67.5 Å². The van der Waals surface area contributed by atoms with Crippen molar-refractivity contribution in [1.29, 1.82) is 0 Å². The molecule has 1 fully saturated rings. The third-order valence-corrected chi connectivity index (χ3v) is 8.10. The standard InChI is InChI=1S/C24H33N3O7SSi/c1-15(34-36(4,5)6)21-19-13-20(35-12-11-25-16(2)32-3)22(26(19)23(21)28)24(29)33-14-17-7-9-18(10-8-17)27(30)31/h7-10,15,19,21H,11-14H2,1-6H3/t15-,19+,21+/m0/s1. The minimum absolute atomic E-state index is 0.0386. The molecule has 0 spiro atoms. The Morgan fingerprint density at radius 1 is 1.31 bits per heavy atom. The predicted molar refractivity (Wildman–Crippen MR) is 140 cm³/mol. The van der Waals surface area contributed by atoms with Crippen LogP contribution in [0.25, 0.3) is 0 Å². The molecular formula is C24H33N3O7SSi. The highest BCUT2D eigenvalue weighted by atomic mass is 32.2. The fraction of sp³-hybridized carbons (Fsp3) is 0.542. The van der Waals surface area contributed by atoms with E-state index in [9.17, 15) is 19.7 Å². The Bertz CT molecular complexity index is 1070. The highest BCUT2D eigenvalue weighted by Crippen LogP contribution is 2.48. The topological polar surface area (TPSA) is 121 Å². The van der Waals surface area contributed by atoms with Crippen LogP contribution >= 0.6 is 11.8 Å². The normalized spacial score (nSPS) is 20.7. The molecule has 0 unspecified atom stereocenters. The number of benzene rings is 1. The number of β-lactam (4-membered cyclic amide) rings is 1. The van der Waals surface area contributed by atoms with Gasteiger partial charge in [-0.3, -0.25) is 19.9 Å². The molecule has 2 aliphatic heterocycles. The summed E-state index contributed by atoms with van der Waals surface area (Å²) in [6, 6.07) is 5.67. The number of amides is 1. The summed E-state index contributed by atoms with van der Waals surface area (Å²) in [6.45, 7) is 10.4. The molecule has 0 radical (unpaired) electrons. The van der Waals surface area contributed by atoms with Crippen LogP contribution in [-0.2, 0) is 30.1 Å². The van der Waals surface area contributed by atoms with Gasteiger partial charge in [0.1, 0.15) is 12.3 Å². The predicted octanol–water partition coefficient (Wildman–Crippen LogP) is 4.12. The van der Waals surface area contributed by atoms with E-state index in [0.29, 0.717) is 30.2 Å². The van der Waals surface area contributed by atoms with Crippen molar-refractivity contribution in [2.75, 3.05) is 19.4 Å². The van der Waals surface area contributed by atoms with E-state index in [1.807, 2.05) is 6.92 Å². The lowest BCUT2D eigenvalue weighted by Crippen LogP contribution is -2.63. The zero-order chi connectivity index (χ0) is 26.6. The fourth-order valence-corrected chi connectivity index (χ4v) is 6.63. The van der Waals surface area contributed by atoms with Gasteiger partial charge in [0.25, 0.3) is 5.69 Å². The number of nitro benzene ring substituents is 1. The van der Waals surface area contributed by atoms with Gasteiger partial charge in [0, 0.05) is 36.1 Å². The number of hydrogen-bond acceptors (Lipinski definition) is 9. The number of non-ortho nitro benzene ring substituents is 1. The highest BCUT2D eigenvalue weighted by molar-refractivity contribution is 8.03. The number of aliphatic imine (C=N–C) groups is 1. The molecule has 1 amide bonds. The van der Waals surface area contributed by atoms with E-state index in [1.54, 1.807) is 31.1 Å². The molecule has 3 atom stereocenters. The molecule has 0 aliphatic carbocycles. The summed E-state index contributed by atoms with van der Waals surface area (Å²) in [5.74, 6) is 0.184. The van der Waals surface area contributed by atoms with Crippen molar-refractivity contribution in [2.24, 2.45) is 10.9 Å². The Kier molecular flexibility index (Phi) is 8.96. The van der Waals surface area contributed by atoms with Crippen LogP contribution in [0.1, 0.15) is 25.8 Å². The average molecular weight is 536 g/mol. The fourth-order valence-electron chi connectivity index (χ4n) is 4.33. The summed E-state index contributed by atoms with van der Waals surface area (Å²) in [4.78, 5) is 43.4. The van der Waals surface area contributed by atoms with Gasteiger partial charge < -0.3 is 18.8 Å². The number of nitro groups is 1. The number of fused-ring (bicyclic) bond motifs is 1. The summed E-state index contributed by atoms with van der Waals surface area (Å²) in [5.41, 5.74) is 0.858. The summed E-state index contributed by atoms with van der Waals surface area (Å²) in [5, 5.41) is 10.9. The van der Waals surface area contributed by atoms with Gasteiger partial charge in [0.2, 0.25) is 5.91 Å². The first-order chi connectivity index (χ1) is 16.9. The van der Waals surface area contributed by atoms with Crippen LogP contribution in [0, 0.1) is 16.0 Å². The van der Waals surface area contributed by atoms with Crippen molar-refractivity contribution >= 4 is 43.5 Å². The average Bonchev–Trinajstić information content (AvgIpc) is 3.13. The SMILES string of the molecule is COC(C)=NCCSC1=C(C(=O)OCc2ccc([N+](=O)[O-])cc2)N2C(=O)[C@H]([C@H](C)O[Si](C)(C)C)[C@H]2C1. The molecule has 36 heavy (non-hydrogen) atoms. The number of thioether (sulfide) groups is 1. The first kappa shape index (κ1) is 27.9. The molecule has 1 aromatic carbocycles. The largest absolute Gasteiger partial charge is 0.484 e. The van der Waals surface area contributed by atoms with Crippen molar-refractivity contribution in [1.82, 2.24) is 4.90 Å². The number of hydrogen-bond donors (Lipinski definition) is 0. The molecular weight excluding hydrogens is 502 g/mol. The third kappa shape index (κ3) is 6.54. The van der Waals surface area contributed by atoms with E-state index in [0.717, 1.165) is 4.91 Å². The number of rotatable bonds is 11. The van der Waals surface area contributed by atoms with E-state index in [2.05, 4.69) is 24.6 Å². The summed E-state index contributed by atoms with van der Waals surface area (Å²) in [7, 11) is -0.286. The van der Waals surface area contributed by atoms with Crippen LogP contribution in [0.2, 0.25) is 19.6 Å². The molecule has 0 N–H and O–H groups in total. The van der Waals surface area contributed by atoms with Crippen LogP contribution < -0.4 is 0 Å². The highest BCUT2D eigenvalue weighted by Gasteiger charge is 2.57. The maximum atomic E-state index is 13.2. The summed E-state index contributed by atoms with van der Waals surface area (Å²) < 4.78 is 16.8. The second kappa shape index (κ2) is 11.6. The van der Waals surface area contributed by atoms with E-state index in [-0.39, 0.29) is 42.0 Å². The Balaban J connectivity index is 1.74. The van der Waals surface area contributed by atoms with Gasteiger partial charge in [-0.05, 0) is 44.3 Å². The van der Waals surface area contributed by atoms with Gasteiger partial charge in [0.15, 0.2) is 14.2 Å². The van der Waals surface area contributed by atoms with Crippen molar-refractivity contribution in [2.45, 2.75) is 58.7 Å². The molecule has 2 aliphatic rings. The number of nitrogens with zero attached hydrogens (tertiary/aromatic N) is 3. The molecule has 3 rings (SSSR count). The molecule has 0 aromatic heterocycles. The number of carbonyl (C=O) groups is 2. The zero-order valence-electron chi connectivity index (χ0n) is 21.5. The van der Waals surface area contributed by atoms with Crippen LogP contribution in [0.15, 0.2) is 39.9 Å². The lowest BCUT2D eigenvalue weighted by Gasteiger charge is -2.47. The smallest absolute Gasteiger partial charge is 0.356 e. The van der Waals surface area contributed by atoms with E-state index in [4.69, 9.17) is 13.9 Å². The second-order valence-corrected chi connectivity index (χ2v) is 15.3. The first-order valence-electron chi connectivity index (χ1n) is 11.7. The first-order valence-corrected chi connectivity index (χ1v) is 16.1. The number of esters is 1. The molecule has 1 aromatic rings.